The van der Waals surface area contributed by atoms with Gasteiger partial charge in [0.25, 0.3) is 0 Å². The maximum atomic E-state index is 11.7. The molecule has 5 heteroatoms. The molecule has 2 N–H and O–H groups in total. The fraction of sp³-hybridized carbons (Fsp3) is 0.474. The van der Waals surface area contributed by atoms with Crippen molar-refractivity contribution >= 4 is 17.9 Å². The first-order chi connectivity index (χ1) is 11.6. The van der Waals surface area contributed by atoms with Crippen molar-refractivity contribution < 1.29 is 14.3 Å². The van der Waals surface area contributed by atoms with Crippen LogP contribution in [0, 0.1) is 5.92 Å². The molecule has 0 aliphatic heterocycles. The first-order valence-electron chi connectivity index (χ1n) is 8.44. The summed E-state index contributed by atoms with van der Waals surface area (Å²) in [5, 5.41) is 5.74. The molecule has 1 aromatic carbocycles. The van der Waals surface area contributed by atoms with Gasteiger partial charge in [0.05, 0.1) is 7.11 Å². The van der Waals surface area contributed by atoms with Gasteiger partial charge >= 0.3 is 0 Å². The van der Waals surface area contributed by atoms with E-state index < -0.39 is 0 Å². The molecule has 2 amide bonds. The van der Waals surface area contributed by atoms with Crippen molar-refractivity contribution in [1.29, 1.82) is 0 Å². The van der Waals surface area contributed by atoms with Crippen molar-refractivity contribution in [2.75, 3.05) is 20.2 Å². The van der Waals surface area contributed by atoms with E-state index in [0.29, 0.717) is 13.1 Å². The lowest BCUT2D eigenvalue weighted by Gasteiger charge is -2.09. The van der Waals surface area contributed by atoms with E-state index in [1.165, 1.54) is 6.08 Å². The fourth-order valence-corrected chi connectivity index (χ4v) is 1.98. The third-order valence-electron chi connectivity index (χ3n) is 3.80. The van der Waals surface area contributed by atoms with Crippen molar-refractivity contribution in [1.82, 2.24) is 10.6 Å². The third kappa shape index (κ3) is 7.81. The zero-order valence-corrected chi connectivity index (χ0v) is 14.8. The van der Waals surface area contributed by atoms with Crippen LogP contribution in [0.3, 0.4) is 0 Å². The number of nitrogens with one attached hydrogen (secondary N) is 2. The molecule has 0 aromatic heterocycles. The highest BCUT2D eigenvalue weighted by Crippen LogP contribution is 2.12. The second-order valence-electron chi connectivity index (χ2n) is 5.70. The number of benzene rings is 1. The summed E-state index contributed by atoms with van der Waals surface area (Å²) in [5.41, 5.74) is 0.943. The van der Waals surface area contributed by atoms with Crippen molar-refractivity contribution in [3.05, 3.63) is 35.9 Å². The smallest absolute Gasteiger partial charge is 0.243 e. The van der Waals surface area contributed by atoms with Crippen molar-refractivity contribution in [2.45, 2.75) is 33.1 Å². The number of carbonyl (C=O) groups is 2. The Labute approximate surface area is 144 Å². The monoisotopic (exact) mass is 332 g/mol. The number of rotatable bonds is 10. The number of carbonyl (C=O) groups excluding carboxylic acids is 2. The Morgan fingerprint density at radius 1 is 1.12 bits per heavy atom. The number of methoxy groups -OCH3 is 1. The van der Waals surface area contributed by atoms with Crippen LogP contribution in [0.1, 0.15) is 38.7 Å². The highest BCUT2D eigenvalue weighted by molar-refractivity contribution is 5.91. The second kappa shape index (κ2) is 11.3. The minimum Gasteiger partial charge on any atom is -0.497 e. The summed E-state index contributed by atoms with van der Waals surface area (Å²) in [7, 11) is 1.62. The summed E-state index contributed by atoms with van der Waals surface area (Å²) in [6.45, 7) is 5.18. The Hall–Kier alpha value is -2.30. The van der Waals surface area contributed by atoms with E-state index in [1.807, 2.05) is 38.1 Å². The maximum absolute atomic E-state index is 11.7. The lowest BCUT2D eigenvalue weighted by atomic mass is 10.1. The number of hydrogen-bond donors (Lipinski definition) is 2. The van der Waals surface area contributed by atoms with Crippen LogP contribution in [0.4, 0.5) is 0 Å². The van der Waals surface area contributed by atoms with Gasteiger partial charge in [-0.2, -0.15) is 0 Å². The summed E-state index contributed by atoms with van der Waals surface area (Å²) < 4.78 is 5.08. The van der Waals surface area contributed by atoms with Gasteiger partial charge < -0.3 is 15.4 Å². The molecule has 24 heavy (non-hydrogen) atoms. The number of unbranched alkanes of at least 4 members (excludes halogenated alkanes) is 1. The molecule has 1 aromatic rings. The van der Waals surface area contributed by atoms with E-state index in [4.69, 9.17) is 4.74 Å². The van der Waals surface area contributed by atoms with E-state index in [0.717, 1.165) is 30.6 Å². The molecule has 1 rings (SSSR count). The summed E-state index contributed by atoms with van der Waals surface area (Å²) >= 11 is 0. The largest absolute Gasteiger partial charge is 0.497 e. The third-order valence-corrected chi connectivity index (χ3v) is 3.80. The predicted octanol–water partition coefficient (Wildman–Crippen LogP) is 2.77. The van der Waals surface area contributed by atoms with Gasteiger partial charge in [-0.1, -0.05) is 26.0 Å². The van der Waals surface area contributed by atoms with Crippen molar-refractivity contribution in [3.8, 4) is 5.75 Å². The van der Waals surface area contributed by atoms with Crippen LogP contribution >= 0.6 is 0 Å². The Bertz CT molecular complexity index is 538. The Kier molecular flexibility index (Phi) is 9.27. The van der Waals surface area contributed by atoms with Crippen LogP contribution < -0.4 is 15.4 Å². The Morgan fingerprint density at radius 2 is 1.75 bits per heavy atom. The van der Waals surface area contributed by atoms with Gasteiger partial charge in [0, 0.05) is 25.1 Å². The Morgan fingerprint density at radius 3 is 2.33 bits per heavy atom. The highest BCUT2D eigenvalue weighted by Gasteiger charge is 2.08. The second-order valence-corrected chi connectivity index (χ2v) is 5.70. The molecular formula is C19H28N2O3. The van der Waals surface area contributed by atoms with Gasteiger partial charge in [-0.25, -0.2) is 0 Å². The van der Waals surface area contributed by atoms with Crippen LogP contribution in [0.15, 0.2) is 30.3 Å². The standard InChI is InChI=1S/C19H28N2O3/c1-4-15(2)19(23)21-14-6-5-13-20-18(22)12-9-16-7-10-17(24-3)11-8-16/h7-12,15H,4-6,13-14H2,1-3H3,(H,20,22)(H,21,23)/b12-9+. The lowest BCUT2D eigenvalue weighted by molar-refractivity contribution is -0.124. The number of ether oxygens (including phenoxy) is 1. The van der Waals surface area contributed by atoms with Crippen molar-refractivity contribution in [3.63, 3.8) is 0 Å². The van der Waals surface area contributed by atoms with Gasteiger partial charge in [0.1, 0.15) is 5.75 Å². The van der Waals surface area contributed by atoms with Gasteiger partial charge in [-0.15, -0.1) is 0 Å². The molecule has 0 aliphatic carbocycles. The predicted molar refractivity (Wildman–Crippen MR) is 96.7 cm³/mol. The van der Waals surface area contributed by atoms with E-state index in [1.54, 1.807) is 13.2 Å². The molecule has 0 fully saturated rings. The van der Waals surface area contributed by atoms with Crippen LogP contribution in [-0.4, -0.2) is 32.0 Å². The normalized spacial score (nSPS) is 12.0. The molecule has 0 aliphatic rings. The molecule has 1 atom stereocenters. The van der Waals surface area contributed by atoms with Gasteiger partial charge in [-0.3, -0.25) is 9.59 Å². The molecular weight excluding hydrogens is 304 g/mol. The zero-order chi connectivity index (χ0) is 17.8. The Balaban J connectivity index is 2.15. The molecule has 0 bridgehead atoms. The van der Waals surface area contributed by atoms with E-state index in [9.17, 15) is 9.59 Å². The van der Waals surface area contributed by atoms with Gasteiger partial charge in [0.2, 0.25) is 11.8 Å². The van der Waals surface area contributed by atoms with Crippen LogP contribution in [-0.2, 0) is 9.59 Å². The molecule has 0 saturated carbocycles. The molecule has 0 saturated heterocycles. The lowest BCUT2D eigenvalue weighted by Crippen LogP contribution is -2.30. The van der Waals surface area contributed by atoms with E-state index in [-0.39, 0.29) is 17.7 Å². The number of amides is 2. The molecule has 0 spiro atoms. The van der Waals surface area contributed by atoms with Crippen LogP contribution in [0.25, 0.3) is 6.08 Å². The SMILES string of the molecule is CCC(C)C(=O)NCCCCNC(=O)/C=C/c1ccc(OC)cc1. The molecule has 1 unspecified atom stereocenters. The summed E-state index contributed by atoms with van der Waals surface area (Å²) in [4.78, 5) is 23.3. The minimum atomic E-state index is -0.116. The fourth-order valence-electron chi connectivity index (χ4n) is 1.98. The molecule has 0 radical (unpaired) electrons. The average Bonchev–Trinajstić information content (AvgIpc) is 2.62. The zero-order valence-electron chi connectivity index (χ0n) is 14.8. The molecule has 0 heterocycles. The quantitative estimate of drug-likeness (QED) is 0.511. The van der Waals surface area contributed by atoms with E-state index in [2.05, 4.69) is 10.6 Å². The minimum absolute atomic E-state index is 0.0628. The maximum Gasteiger partial charge on any atom is 0.243 e. The molecule has 132 valence electrons. The highest BCUT2D eigenvalue weighted by atomic mass is 16.5. The first-order valence-corrected chi connectivity index (χ1v) is 8.44. The average molecular weight is 332 g/mol. The van der Waals surface area contributed by atoms with Crippen LogP contribution in [0.2, 0.25) is 0 Å². The van der Waals surface area contributed by atoms with Gasteiger partial charge in [0.15, 0.2) is 0 Å². The van der Waals surface area contributed by atoms with Gasteiger partial charge in [-0.05, 0) is 43.0 Å². The first kappa shape index (κ1) is 19.7. The topological polar surface area (TPSA) is 67.4 Å². The van der Waals surface area contributed by atoms with E-state index >= 15 is 0 Å². The molecule has 5 nitrogen and oxygen atoms in total. The van der Waals surface area contributed by atoms with Crippen LogP contribution in [0.5, 0.6) is 5.75 Å². The summed E-state index contributed by atoms with van der Waals surface area (Å²) in [6, 6.07) is 7.49. The summed E-state index contributed by atoms with van der Waals surface area (Å²) in [6.07, 6.45) is 5.82. The van der Waals surface area contributed by atoms with Crippen molar-refractivity contribution in [2.24, 2.45) is 5.92 Å². The number of hydrogen-bond acceptors (Lipinski definition) is 3. The summed E-state index contributed by atoms with van der Waals surface area (Å²) in [5.74, 6) is 0.836.